The first-order valence-electron chi connectivity index (χ1n) is 7.27. The molecule has 2 rings (SSSR count). The van der Waals surface area contributed by atoms with Crippen molar-refractivity contribution in [3.63, 3.8) is 0 Å². The van der Waals surface area contributed by atoms with Crippen LogP contribution in [0.25, 0.3) is 0 Å². The summed E-state index contributed by atoms with van der Waals surface area (Å²) in [5, 5.41) is 21.0. The van der Waals surface area contributed by atoms with Gasteiger partial charge in [-0.15, -0.1) is 0 Å². The topological polar surface area (TPSA) is 83.7 Å². The van der Waals surface area contributed by atoms with E-state index in [2.05, 4.69) is 0 Å². The highest BCUT2D eigenvalue weighted by Crippen LogP contribution is 2.26. The number of nitrogens with zero attached hydrogens (tertiary/aromatic N) is 2. The van der Waals surface area contributed by atoms with Crippen molar-refractivity contribution in [1.82, 2.24) is 4.90 Å². The molecule has 1 aliphatic rings. The third-order valence-electron chi connectivity index (χ3n) is 4.06. The van der Waals surface area contributed by atoms with Crippen molar-refractivity contribution in [3.8, 4) is 0 Å². The Morgan fingerprint density at radius 1 is 1.41 bits per heavy atom. The molecular weight excluding hydrogens is 308 g/mol. The minimum Gasteiger partial charge on any atom is -0.393 e. The lowest BCUT2D eigenvalue weighted by molar-refractivity contribution is -0.384. The normalized spacial score (nSPS) is 21.4. The predicted octanol–water partition coefficient (Wildman–Crippen LogP) is 2.87. The first kappa shape index (κ1) is 16.7. The highest BCUT2D eigenvalue weighted by Gasteiger charge is 2.26. The van der Waals surface area contributed by atoms with Gasteiger partial charge in [0.2, 0.25) is 0 Å². The second-order valence-corrected chi connectivity index (χ2v) is 6.19. The minimum atomic E-state index is -0.576. The minimum absolute atomic E-state index is 0.0527. The van der Waals surface area contributed by atoms with Crippen LogP contribution in [0.1, 0.15) is 36.0 Å². The number of carbonyl (C=O) groups is 1. The van der Waals surface area contributed by atoms with Gasteiger partial charge in [-0.05, 0) is 18.9 Å². The van der Waals surface area contributed by atoms with Crippen LogP contribution in [-0.2, 0) is 0 Å². The first-order chi connectivity index (χ1) is 10.4. The van der Waals surface area contributed by atoms with E-state index < -0.39 is 11.0 Å². The maximum atomic E-state index is 12.4. The van der Waals surface area contributed by atoms with Crippen LogP contribution in [0.15, 0.2) is 18.2 Å². The molecule has 0 spiro atoms. The summed E-state index contributed by atoms with van der Waals surface area (Å²) in [6.07, 6.45) is 3.31. The van der Waals surface area contributed by atoms with Crippen molar-refractivity contribution in [2.75, 3.05) is 13.6 Å². The molecule has 1 fully saturated rings. The fourth-order valence-corrected chi connectivity index (χ4v) is 3.09. The van der Waals surface area contributed by atoms with Crippen molar-refractivity contribution in [2.24, 2.45) is 5.92 Å². The SMILES string of the molecule is CN(CC1CCCCC1O)C(=O)c1cc(Cl)cc([N+](=O)[O-])c1. The van der Waals surface area contributed by atoms with Crippen LogP contribution in [0.5, 0.6) is 0 Å². The Morgan fingerprint density at radius 3 is 2.73 bits per heavy atom. The van der Waals surface area contributed by atoms with E-state index in [-0.39, 0.29) is 28.1 Å². The number of rotatable bonds is 4. The van der Waals surface area contributed by atoms with Crippen LogP contribution in [0, 0.1) is 16.0 Å². The summed E-state index contributed by atoms with van der Waals surface area (Å²) in [6.45, 7) is 0.431. The number of hydrogen-bond acceptors (Lipinski definition) is 4. The Hall–Kier alpha value is -1.66. The summed E-state index contributed by atoms with van der Waals surface area (Å²) in [4.78, 5) is 24.2. The van der Waals surface area contributed by atoms with Crippen LogP contribution in [0.4, 0.5) is 5.69 Å². The van der Waals surface area contributed by atoms with Gasteiger partial charge in [-0.25, -0.2) is 0 Å². The van der Waals surface area contributed by atoms with E-state index in [1.54, 1.807) is 7.05 Å². The number of aliphatic hydroxyl groups excluding tert-OH is 1. The van der Waals surface area contributed by atoms with E-state index >= 15 is 0 Å². The number of carbonyl (C=O) groups excluding carboxylic acids is 1. The molecule has 120 valence electrons. The molecule has 0 heterocycles. The lowest BCUT2D eigenvalue weighted by Gasteiger charge is -2.31. The quantitative estimate of drug-likeness (QED) is 0.681. The Morgan fingerprint density at radius 2 is 2.09 bits per heavy atom. The number of nitro benzene ring substituents is 1. The number of benzene rings is 1. The van der Waals surface area contributed by atoms with Gasteiger partial charge < -0.3 is 10.0 Å². The van der Waals surface area contributed by atoms with Crippen LogP contribution >= 0.6 is 11.6 Å². The van der Waals surface area contributed by atoms with Gasteiger partial charge >= 0.3 is 0 Å². The maximum absolute atomic E-state index is 12.4. The molecule has 0 bridgehead atoms. The van der Waals surface area contributed by atoms with E-state index in [0.29, 0.717) is 6.54 Å². The molecule has 0 aromatic heterocycles. The predicted molar refractivity (Wildman–Crippen MR) is 83.0 cm³/mol. The number of hydrogen-bond donors (Lipinski definition) is 1. The second-order valence-electron chi connectivity index (χ2n) is 5.75. The average molecular weight is 327 g/mol. The van der Waals surface area contributed by atoms with E-state index in [1.165, 1.54) is 23.1 Å². The first-order valence-corrected chi connectivity index (χ1v) is 7.65. The molecule has 7 heteroatoms. The summed E-state index contributed by atoms with van der Waals surface area (Å²) in [6, 6.07) is 3.86. The van der Waals surface area contributed by atoms with Gasteiger partial charge in [0.05, 0.1) is 11.0 Å². The standard InChI is InChI=1S/C15H19ClN2O4/c1-17(9-10-4-2-3-5-14(10)19)15(20)11-6-12(16)8-13(7-11)18(21)22/h6-8,10,14,19H,2-5,9H2,1H3. The highest BCUT2D eigenvalue weighted by atomic mass is 35.5. The van der Waals surface area contributed by atoms with E-state index in [1.807, 2.05) is 0 Å². The van der Waals surface area contributed by atoms with Crippen molar-refractivity contribution < 1.29 is 14.8 Å². The molecule has 1 aromatic carbocycles. The molecule has 0 aliphatic heterocycles. The lowest BCUT2D eigenvalue weighted by atomic mass is 9.86. The maximum Gasteiger partial charge on any atom is 0.271 e. The fraction of sp³-hybridized carbons (Fsp3) is 0.533. The molecule has 0 radical (unpaired) electrons. The highest BCUT2D eigenvalue weighted by molar-refractivity contribution is 6.31. The number of halogens is 1. The van der Waals surface area contributed by atoms with Gasteiger partial charge in [-0.2, -0.15) is 0 Å². The lowest BCUT2D eigenvalue weighted by Crippen LogP contribution is -2.38. The van der Waals surface area contributed by atoms with E-state index in [9.17, 15) is 20.0 Å². The van der Waals surface area contributed by atoms with Gasteiger partial charge in [-0.1, -0.05) is 24.4 Å². The molecule has 1 N–H and O–H groups in total. The molecule has 22 heavy (non-hydrogen) atoms. The number of non-ortho nitro benzene ring substituents is 1. The van der Waals surface area contributed by atoms with Gasteiger partial charge in [0.25, 0.3) is 11.6 Å². The monoisotopic (exact) mass is 326 g/mol. The summed E-state index contributed by atoms with van der Waals surface area (Å²) in [5.41, 5.74) is -0.0195. The average Bonchev–Trinajstić information content (AvgIpc) is 2.48. The van der Waals surface area contributed by atoms with E-state index in [4.69, 9.17) is 11.6 Å². The van der Waals surface area contributed by atoms with Gasteiger partial charge in [0.15, 0.2) is 0 Å². The number of amides is 1. The number of aliphatic hydroxyl groups is 1. The van der Waals surface area contributed by atoms with Crippen molar-refractivity contribution >= 4 is 23.2 Å². The largest absolute Gasteiger partial charge is 0.393 e. The van der Waals surface area contributed by atoms with Gasteiger partial charge in [0, 0.05) is 42.2 Å². The summed E-state index contributed by atoms with van der Waals surface area (Å²) < 4.78 is 0. The van der Waals surface area contributed by atoms with E-state index in [0.717, 1.165) is 25.7 Å². The number of nitro groups is 1. The zero-order valence-corrected chi connectivity index (χ0v) is 13.1. The van der Waals surface area contributed by atoms with Gasteiger partial charge in [0.1, 0.15) is 0 Å². The molecular formula is C15H19ClN2O4. The Labute approximate surface area is 133 Å². The Bertz CT molecular complexity index is 579. The third-order valence-corrected chi connectivity index (χ3v) is 4.28. The van der Waals surface area contributed by atoms with Crippen LogP contribution in [-0.4, -0.2) is 40.5 Å². The second kappa shape index (κ2) is 7.07. The Kier molecular flexibility index (Phi) is 5.37. The molecule has 1 aliphatic carbocycles. The van der Waals surface area contributed by atoms with Crippen LogP contribution in [0.2, 0.25) is 5.02 Å². The Balaban J connectivity index is 2.11. The van der Waals surface area contributed by atoms with Crippen molar-refractivity contribution in [3.05, 3.63) is 38.9 Å². The zero-order valence-electron chi connectivity index (χ0n) is 12.4. The summed E-state index contributed by atoms with van der Waals surface area (Å²) in [7, 11) is 1.64. The van der Waals surface area contributed by atoms with Crippen LogP contribution in [0.3, 0.4) is 0 Å². The zero-order chi connectivity index (χ0) is 16.3. The third kappa shape index (κ3) is 3.96. The molecule has 2 unspecified atom stereocenters. The van der Waals surface area contributed by atoms with Crippen LogP contribution < -0.4 is 0 Å². The molecule has 1 saturated carbocycles. The van der Waals surface area contributed by atoms with Crippen molar-refractivity contribution in [2.45, 2.75) is 31.8 Å². The summed E-state index contributed by atoms with van der Waals surface area (Å²) in [5.74, 6) is -0.278. The molecule has 1 aromatic rings. The molecule has 0 saturated heterocycles. The molecule has 1 amide bonds. The van der Waals surface area contributed by atoms with Gasteiger partial charge in [-0.3, -0.25) is 14.9 Å². The van der Waals surface area contributed by atoms with Crippen molar-refractivity contribution in [1.29, 1.82) is 0 Å². The smallest absolute Gasteiger partial charge is 0.271 e. The molecule has 6 nitrogen and oxygen atoms in total. The molecule has 2 atom stereocenters. The summed E-state index contributed by atoms with van der Waals surface area (Å²) >= 11 is 5.84. The fourth-order valence-electron chi connectivity index (χ4n) is 2.86.